The first-order valence-corrected chi connectivity index (χ1v) is 7.56. The summed E-state index contributed by atoms with van der Waals surface area (Å²) in [6, 6.07) is 0. The molecule has 0 aromatic heterocycles. The van der Waals surface area contributed by atoms with Crippen LogP contribution >= 0.6 is 11.8 Å². The molecule has 8 nitrogen and oxygen atoms in total. The summed E-state index contributed by atoms with van der Waals surface area (Å²) >= 11 is 0.121. The number of alkyl halides is 2. The minimum absolute atomic E-state index is 0.0437. The van der Waals surface area contributed by atoms with E-state index in [-0.39, 0.29) is 30.7 Å². The Hall–Kier alpha value is -1.72. The Morgan fingerprint density at radius 3 is 2.91 bits per heavy atom. The first kappa shape index (κ1) is 16.1. The fourth-order valence-electron chi connectivity index (χ4n) is 2.65. The van der Waals surface area contributed by atoms with E-state index in [9.17, 15) is 23.2 Å². The van der Waals surface area contributed by atoms with Gasteiger partial charge in [0.15, 0.2) is 6.23 Å². The summed E-state index contributed by atoms with van der Waals surface area (Å²) in [5, 5.41) is 2.27. The lowest BCUT2D eigenvalue weighted by molar-refractivity contribution is -0.256. The molecule has 1 fully saturated rings. The van der Waals surface area contributed by atoms with Gasteiger partial charge in [-0.25, -0.2) is 4.79 Å². The van der Waals surface area contributed by atoms with Gasteiger partial charge >= 0.3 is 5.97 Å². The lowest BCUT2D eigenvalue weighted by Crippen LogP contribution is -2.82. The maximum Gasteiger partial charge on any atom is 0.355 e. The van der Waals surface area contributed by atoms with Gasteiger partial charge in [-0.2, -0.15) is 8.78 Å². The Labute approximate surface area is 133 Å². The molecule has 2 amide bonds. The SMILES string of the molecule is CO[C@@]1(NC(=O)CSC(F)F)C(=O)N2C3=C(COC3=O)CO[C@@H]21. The summed E-state index contributed by atoms with van der Waals surface area (Å²) in [7, 11) is 1.18. The quantitative estimate of drug-likeness (QED) is 0.402. The van der Waals surface area contributed by atoms with Crippen molar-refractivity contribution in [2.75, 3.05) is 26.1 Å². The highest BCUT2D eigenvalue weighted by Gasteiger charge is 2.68. The summed E-state index contributed by atoms with van der Waals surface area (Å²) in [6.07, 6.45) is -1.05. The van der Waals surface area contributed by atoms with Gasteiger partial charge in [-0.15, -0.1) is 0 Å². The van der Waals surface area contributed by atoms with Crippen LogP contribution in [0.3, 0.4) is 0 Å². The topological polar surface area (TPSA) is 94.2 Å². The van der Waals surface area contributed by atoms with Gasteiger partial charge in [0.05, 0.1) is 12.4 Å². The van der Waals surface area contributed by atoms with Crippen molar-refractivity contribution in [3.63, 3.8) is 0 Å². The molecule has 3 rings (SSSR count). The highest BCUT2D eigenvalue weighted by Crippen LogP contribution is 2.42. The zero-order valence-corrected chi connectivity index (χ0v) is 12.7. The molecule has 0 radical (unpaired) electrons. The van der Waals surface area contributed by atoms with Crippen molar-refractivity contribution in [2.45, 2.75) is 17.7 Å². The normalized spacial score (nSPS) is 29.2. The van der Waals surface area contributed by atoms with Crippen LogP contribution in [0.1, 0.15) is 0 Å². The third-order valence-electron chi connectivity index (χ3n) is 3.67. The number of hydrogen-bond acceptors (Lipinski definition) is 7. The lowest BCUT2D eigenvalue weighted by atomic mass is 9.95. The highest BCUT2D eigenvalue weighted by molar-refractivity contribution is 8.00. The molecule has 126 valence electrons. The Morgan fingerprint density at radius 2 is 2.26 bits per heavy atom. The number of ether oxygens (including phenoxy) is 3. The number of methoxy groups -OCH3 is 1. The first-order valence-electron chi connectivity index (χ1n) is 6.51. The summed E-state index contributed by atoms with van der Waals surface area (Å²) in [6.45, 7) is 0.0876. The van der Waals surface area contributed by atoms with E-state index in [4.69, 9.17) is 14.2 Å². The molecule has 1 saturated heterocycles. The zero-order valence-electron chi connectivity index (χ0n) is 11.8. The van der Waals surface area contributed by atoms with E-state index in [1.165, 1.54) is 7.11 Å². The molecule has 0 aromatic carbocycles. The van der Waals surface area contributed by atoms with E-state index < -0.39 is 41.2 Å². The molecule has 1 N–H and O–H groups in total. The summed E-state index contributed by atoms with van der Waals surface area (Å²) < 4.78 is 39.7. The van der Waals surface area contributed by atoms with Gasteiger partial charge in [-0.1, -0.05) is 11.8 Å². The number of rotatable bonds is 5. The van der Waals surface area contributed by atoms with Crippen LogP contribution in [-0.2, 0) is 28.6 Å². The van der Waals surface area contributed by atoms with Gasteiger partial charge < -0.3 is 19.5 Å². The van der Waals surface area contributed by atoms with Crippen LogP contribution in [0, 0.1) is 0 Å². The molecule has 3 heterocycles. The average molecular weight is 350 g/mol. The van der Waals surface area contributed by atoms with Gasteiger partial charge in [-0.05, 0) is 0 Å². The van der Waals surface area contributed by atoms with Gasteiger partial charge in [0.2, 0.25) is 5.91 Å². The molecule has 3 aliphatic heterocycles. The number of nitrogens with one attached hydrogen (secondary N) is 1. The Bertz CT molecular complexity index is 612. The minimum Gasteiger partial charge on any atom is -0.456 e. The van der Waals surface area contributed by atoms with Gasteiger partial charge in [0.25, 0.3) is 17.4 Å². The third kappa shape index (κ3) is 2.39. The van der Waals surface area contributed by atoms with Crippen LogP contribution in [0.2, 0.25) is 0 Å². The van der Waals surface area contributed by atoms with Crippen molar-refractivity contribution < 1.29 is 37.4 Å². The summed E-state index contributed by atoms with van der Waals surface area (Å²) in [4.78, 5) is 36.9. The predicted octanol–water partition coefficient (Wildman–Crippen LogP) is -0.590. The van der Waals surface area contributed by atoms with E-state index in [1.54, 1.807) is 0 Å². The van der Waals surface area contributed by atoms with Crippen molar-refractivity contribution in [1.82, 2.24) is 10.2 Å². The number of carbonyl (C=O) groups excluding carboxylic acids is 3. The van der Waals surface area contributed by atoms with Crippen LogP contribution < -0.4 is 5.32 Å². The molecule has 11 heteroatoms. The second kappa shape index (κ2) is 5.73. The molecule has 0 bridgehead atoms. The molecule has 3 aliphatic rings. The number of nitrogens with zero attached hydrogens (tertiary/aromatic N) is 1. The fourth-order valence-corrected chi connectivity index (χ4v) is 3.00. The van der Waals surface area contributed by atoms with Crippen LogP contribution in [0.25, 0.3) is 0 Å². The van der Waals surface area contributed by atoms with E-state index in [0.29, 0.717) is 5.57 Å². The fraction of sp³-hybridized carbons (Fsp3) is 0.583. The van der Waals surface area contributed by atoms with Gasteiger partial charge in [0, 0.05) is 12.7 Å². The number of amides is 2. The van der Waals surface area contributed by atoms with E-state index in [2.05, 4.69) is 5.32 Å². The van der Waals surface area contributed by atoms with Crippen LogP contribution in [-0.4, -0.2) is 66.5 Å². The molecular formula is C12H12F2N2O6S. The largest absolute Gasteiger partial charge is 0.456 e. The van der Waals surface area contributed by atoms with Crippen molar-refractivity contribution in [1.29, 1.82) is 0 Å². The number of carbonyl (C=O) groups is 3. The summed E-state index contributed by atoms with van der Waals surface area (Å²) in [5.74, 6) is -5.42. The molecule has 0 aromatic rings. The van der Waals surface area contributed by atoms with Crippen LogP contribution in [0.15, 0.2) is 11.3 Å². The molecule has 0 unspecified atom stereocenters. The number of halogens is 2. The number of hydrogen-bond donors (Lipinski definition) is 1. The number of esters is 1. The van der Waals surface area contributed by atoms with E-state index in [1.807, 2.05) is 0 Å². The molecule has 0 spiro atoms. The van der Waals surface area contributed by atoms with Crippen molar-refractivity contribution in [3.05, 3.63) is 11.3 Å². The number of β-lactam (4-membered cyclic amide) rings is 1. The van der Waals surface area contributed by atoms with Crippen molar-refractivity contribution in [3.8, 4) is 0 Å². The maximum atomic E-state index is 12.4. The number of fused-ring (bicyclic) bond motifs is 2. The standard InChI is InChI=1S/C12H12F2N2O6S/c1-20-12(15-6(17)4-23-11(13)14)9(19)16-7-5(2-21-8(7)18)3-22-10(12)16/h10-11H,2-4H2,1H3,(H,15,17)/t10-,12+/m1/s1. The molecule has 0 saturated carbocycles. The monoisotopic (exact) mass is 350 g/mol. The molecular weight excluding hydrogens is 338 g/mol. The van der Waals surface area contributed by atoms with Crippen LogP contribution in [0.5, 0.6) is 0 Å². The lowest BCUT2D eigenvalue weighted by Gasteiger charge is -2.54. The van der Waals surface area contributed by atoms with E-state index in [0.717, 1.165) is 4.90 Å². The number of thioether (sulfide) groups is 1. The Morgan fingerprint density at radius 1 is 1.52 bits per heavy atom. The van der Waals surface area contributed by atoms with E-state index >= 15 is 0 Å². The van der Waals surface area contributed by atoms with Gasteiger partial charge in [-0.3, -0.25) is 14.5 Å². The minimum atomic E-state index is -2.71. The third-order valence-corrected chi connectivity index (χ3v) is 4.35. The predicted molar refractivity (Wildman–Crippen MR) is 70.9 cm³/mol. The van der Waals surface area contributed by atoms with Crippen molar-refractivity contribution in [2.24, 2.45) is 0 Å². The smallest absolute Gasteiger partial charge is 0.355 e. The molecule has 2 atom stereocenters. The van der Waals surface area contributed by atoms with Crippen LogP contribution in [0.4, 0.5) is 8.78 Å². The van der Waals surface area contributed by atoms with Crippen molar-refractivity contribution >= 4 is 29.5 Å². The second-order valence-corrected chi connectivity index (χ2v) is 5.90. The maximum absolute atomic E-state index is 12.4. The second-order valence-electron chi connectivity index (χ2n) is 4.93. The first-order chi connectivity index (χ1) is 10.9. The Balaban J connectivity index is 1.77. The summed E-state index contributed by atoms with van der Waals surface area (Å²) in [5.41, 5.74) is -1.21. The Kier molecular flexibility index (Phi) is 4.02. The number of cyclic esters (lactones) is 1. The molecule has 23 heavy (non-hydrogen) atoms. The highest BCUT2D eigenvalue weighted by atomic mass is 32.2. The van der Waals surface area contributed by atoms with Gasteiger partial charge in [0.1, 0.15) is 12.3 Å². The average Bonchev–Trinajstić information content (AvgIpc) is 2.90. The molecule has 0 aliphatic carbocycles. The zero-order chi connectivity index (χ0) is 16.8.